The zero-order valence-electron chi connectivity index (χ0n) is 16.1. The number of carbonyl (C=O) groups excluding carboxylic acids is 2. The number of carbonyl (C=O) groups is 2. The number of nitrogens with two attached hydrogens (primary N) is 1. The van der Waals surface area contributed by atoms with Crippen molar-refractivity contribution in [1.82, 2.24) is 10.2 Å². The fraction of sp³-hybridized carbons (Fsp3) is 0.889. The fourth-order valence-corrected chi connectivity index (χ4v) is 3.37. The third-order valence-corrected chi connectivity index (χ3v) is 4.38. The van der Waals surface area contributed by atoms with Crippen LogP contribution in [0.5, 0.6) is 0 Å². The van der Waals surface area contributed by atoms with Gasteiger partial charge in [-0.15, -0.1) is 0 Å². The van der Waals surface area contributed by atoms with Crippen molar-refractivity contribution in [3.05, 3.63) is 0 Å². The van der Waals surface area contributed by atoms with Gasteiger partial charge in [0.25, 0.3) is 0 Å². The van der Waals surface area contributed by atoms with Crippen molar-refractivity contribution < 1.29 is 14.3 Å². The summed E-state index contributed by atoms with van der Waals surface area (Å²) in [6.07, 6.45) is 2.65. The normalized spacial score (nSPS) is 24.5. The molecule has 3 unspecified atom stereocenters. The molecule has 0 spiro atoms. The predicted molar refractivity (Wildman–Crippen MR) is 95.5 cm³/mol. The van der Waals surface area contributed by atoms with Crippen molar-refractivity contribution in [1.29, 1.82) is 0 Å². The van der Waals surface area contributed by atoms with Crippen LogP contribution in [-0.2, 0) is 14.3 Å². The van der Waals surface area contributed by atoms with Gasteiger partial charge in [-0.25, -0.2) is 0 Å². The van der Waals surface area contributed by atoms with E-state index in [1.165, 1.54) is 6.92 Å². The molecule has 4 atom stereocenters. The van der Waals surface area contributed by atoms with Crippen molar-refractivity contribution in [3.63, 3.8) is 0 Å². The third-order valence-electron chi connectivity index (χ3n) is 4.38. The van der Waals surface area contributed by atoms with Gasteiger partial charge in [-0.2, -0.15) is 0 Å². The lowest BCUT2D eigenvalue weighted by molar-refractivity contribution is -0.160. The number of nitrogens with zero attached hydrogens (tertiary/aromatic N) is 1. The van der Waals surface area contributed by atoms with Gasteiger partial charge in [0.15, 0.2) is 0 Å². The lowest BCUT2D eigenvalue weighted by atomic mass is 9.95. The Bertz CT molecular complexity index is 434. The van der Waals surface area contributed by atoms with E-state index in [1.807, 2.05) is 27.7 Å². The Hall–Kier alpha value is -1.14. The average molecular weight is 341 g/mol. The number of hydrogen-bond acceptors (Lipinski definition) is 5. The molecule has 1 aliphatic rings. The molecule has 140 valence electrons. The van der Waals surface area contributed by atoms with E-state index >= 15 is 0 Å². The Kier molecular flexibility index (Phi) is 7.67. The van der Waals surface area contributed by atoms with Crippen molar-refractivity contribution in [2.75, 3.05) is 13.1 Å². The van der Waals surface area contributed by atoms with Gasteiger partial charge in [0, 0.05) is 32.1 Å². The number of esters is 1. The molecule has 1 fully saturated rings. The Labute approximate surface area is 146 Å². The molecule has 0 aromatic carbocycles. The first-order chi connectivity index (χ1) is 11.0. The van der Waals surface area contributed by atoms with Gasteiger partial charge in [-0.1, -0.05) is 13.3 Å². The number of rotatable bonds is 7. The molecule has 0 aromatic rings. The highest BCUT2D eigenvalue weighted by Gasteiger charge is 2.39. The van der Waals surface area contributed by atoms with E-state index < -0.39 is 5.60 Å². The van der Waals surface area contributed by atoms with Gasteiger partial charge in [0.05, 0.1) is 0 Å². The van der Waals surface area contributed by atoms with Gasteiger partial charge in [-0.05, 0) is 46.5 Å². The van der Waals surface area contributed by atoms with E-state index in [2.05, 4.69) is 17.1 Å². The molecule has 1 aliphatic heterocycles. The minimum absolute atomic E-state index is 0.0131. The third kappa shape index (κ3) is 6.77. The standard InChI is InChI=1S/C18H35N3O3/c1-7-8-14(12(2)20-13(3)22)10-21-11-15(19)9-16(21)17(23)24-18(4,5)6/h12,14-16H,7-11,19H2,1-6H3,(H,20,22)/t12?,14-,15?,16?/m0/s1. The van der Waals surface area contributed by atoms with Gasteiger partial charge in [0.1, 0.15) is 11.6 Å². The minimum atomic E-state index is -0.498. The minimum Gasteiger partial charge on any atom is -0.459 e. The number of ether oxygens (including phenoxy) is 1. The zero-order chi connectivity index (χ0) is 18.5. The SMILES string of the molecule is CCC[C@@H](CN1CC(N)CC1C(=O)OC(C)(C)C)C(C)NC(C)=O. The van der Waals surface area contributed by atoms with Crippen LogP contribution in [0.4, 0.5) is 0 Å². The van der Waals surface area contributed by atoms with Gasteiger partial charge in [-0.3, -0.25) is 14.5 Å². The van der Waals surface area contributed by atoms with Crippen LogP contribution < -0.4 is 11.1 Å². The van der Waals surface area contributed by atoms with Gasteiger partial charge < -0.3 is 15.8 Å². The fourth-order valence-electron chi connectivity index (χ4n) is 3.37. The van der Waals surface area contributed by atoms with E-state index in [4.69, 9.17) is 10.5 Å². The van der Waals surface area contributed by atoms with Crippen molar-refractivity contribution in [2.45, 2.75) is 84.5 Å². The highest BCUT2D eigenvalue weighted by Crippen LogP contribution is 2.24. The topological polar surface area (TPSA) is 84.7 Å². The maximum absolute atomic E-state index is 12.5. The molecule has 0 aromatic heterocycles. The summed E-state index contributed by atoms with van der Waals surface area (Å²) in [6.45, 7) is 12.8. The number of likely N-dealkylation sites (tertiary alicyclic amines) is 1. The first kappa shape index (κ1) is 20.9. The number of amides is 1. The quantitative estimate of drug-likeness (QED) is 0.688. The smallest absolute Gasteiger partial charge is 0.323 e. The number of nitrogens with one attached hydrogen (secondary N) is 1. The first-order valence-corrected chi connectivity index (χ1v) is 9.03. The van der Waals surface area contributed by atoms with E-state index in [0.717, 1.165) is 19.4 Å². The molecule has 1 rings (SSSR count). The van der Waals surface area contributed by atoms with Crippen molar-refractivity contribution in [2.24, 2.45) is 11.7 Å². The van der Waals surface area contributed by atoms with Crippen LogP contribution in [0.1, 0.15) is 60.8 Å². The predicted octanol–water partition coefficient (Wildman–Crippen LogP) is 1.67. The summed E-state index contributed by atoms with van der Waals surface area (Å²) in [5, 5.41) is 2.98. The second kappa shape index (κ2) is 8.81. The molecule has 0 aliphatic carbocycles. The molecular weight excluding hydrogens is 306 g/mol. The molecule has 1 amide bonds. The van der Waals surface area contributed by atoms with Crippen LogP contribution in [0, 0.1) is 5.92 Å². The molecule has 0 radical (unpaired) electrons. The van der Waals surface area contributed by atoms with E-state index in [0.29, 0.717) is 13.0 Å². The highest BCUT2D eigenvalue weighted by atomic mass is 16.6. The second-order valence-electron chi connectivity index (χ2n) is 8.04. The van der Waals surface area contributed by atoms with Crippen molar-refractivity contribution in [3.8, 4) is 0 Å². The van der Waals surface area contributed by atoms with E-state index in [9.17, 15) is 9.59 Å². The molecule has 0 bridgehead atoms. The van der Waals surface area contributed by atoms with Crippen molar-refractivity contribution >= 4 is 11.9 Å². The molecule has 6 heteroatoms. The Balaban J connectivity index is 2.79. The van der Waals surface area contributed by atoms with Crippen LogP contribution in [0.2, 0.25) is 0 Å². The Morgan fingerprint density at radius 2 is 2.00 bits per heavy atom. The van der Waals surface area contributed by atoms with E-state index in [1.54, 1.807) is 0 Å². The van der Waals surface area contributed by atoms with E-state index in [-0.39, 0.29) is 35.9 Å². The molecule has 3 N–H and O–H groups in total. The molecule has 6 nitrogen and oxygen atoms in total. The Morgan fingerprint density at radius 3 is 2.50 bits per heavy atom. The lowest BCUT2D eigenvalue weighted by Gasteiger charge is -2.32. The van der Waals surface area contributed by atoms with Crippen LogP contribution in [0.15, 0.2) is 0 Å². The molecular formula is C18H35N3O3. The molecule has 1 heterocycles. The summed E-state index contributed by atoms with van der Waals surface area (Å²) in [5.74, 6) is 0.0671. The summed E-state index contributed by atoms with van der Waals surface area (Å²) >= 11 is 0. The molecule has 24 heavy (non-hydrogen) atoms. The molecule has 0 saturated carbocycles. The molecule has 1 saturated heterocycles. The second-order valence-corrected chi connectivity index (χ2v) is 8.04. The zero-order valence-corrected chi connectivity index (χ0v) is 16.1. The monoisotopic (exact) mass is 341 g/mol. The maximum Gasteiger partial charge on any atom is 0.323 e. The summed E-state index contributed by atoms with van der Waals surface area (Å²) in [5.41, 5.74) is 5.61. The number of hydrogen-bond donors (Lipinski definition) is 2. The van der Waals surface area contributed by atoms with Crippen LogP contribution >= 0.6 is 0 Å². The summed E-state index contributed by atoms with van der Waals surface area (Å²) in [4.78, 5) is 26.0. The lowest BCUT2D eigenvalue weighted by Crippen LogP contribution is -2.47. The van der Waals surface area contributed by atoms with Crippen LogP contribution in [-0.4, -0.2) is 53.6 Å². The summed E-state index contributed by atoms with van der Waals surface area (Å²) in [7, 11) is 0. The highest BCUT2D eigenvalue weighted by molar-refractivity contribution is 5.76. The van der Waals surface area contributed by atoms with Crippen LogP contribution in [0.25, 0.3) is 0 Å². The maximum atomic E-state index is 12.5. The first-order valence-electron chi connectivity index (χ1n) is 9.03. The Morgan fingerprint density at radius 1 is 1.38 bits per heavy atom. The van der Waals surface area contributed by atoms with Gasteiger partial charge in [0.2, 0.25) is 5.91 Å². The largest absolute Gasteiger partial charge is 0.459 e. The van der Waals surface area contributed by atoms with Gasteiger partial charge >= 0.3 is 5.97 Å². The summed E-state index contributed by atoms with van der Waals surface area (Å²) < 4.78 is 5.56. The average Bonchev–Trinajstić information content (AvgIpc) is 2.76. The van der Waals surface area contributed by atoms with Crippen LogP contribution in [0.3, 0.4) is 0 Å². The summed E-state index contributed by atoms with van der Waals surface area (Å²) in [6, 6.07) is -0.234.